The number of hydrogen-bond donors (Lipinski definition) is 2. The Morgan fingerprint density at radius 2 is 2.08 bits per heavy atom. The van der Waals surface area contributed by atoms with Gasteiger partial charge in [0.25, 0.3) is 5.91 Å². The summed E-state index contributed by atoms with van der Waals surface area (Å²) in [5.41, 5.74) is 2.13. The van der Waals surface area contributed by atoms with Crippen molar-refractivity contribution in [2.75, 3.05) is 6.54 Å². The van der Waals surface area contributed by atoms with Crippen LogP contribution in [0.4, 0.5) is 0 Å². The maximum absolute atomic E-state index is 12.6. The van der Waals surface area contributed by atoms with Gasteiger partial charge in [0, 0.05) is 10.3 Å². The van der Waals surface area contributed by atoms with Crippen molar-refractivity contribution in [3.05, 3.63) is 63.5 Å². The van der Waals surface area contributed by atoms with Crippen LogP contribution in [0, 0.1) is 13.8 Å². The van der Waals surface area contributed by atoms with E-state index in [1.54, 1.807) is 6.92 Å². The summed E-state index contributed by atoms with van der Waals surface area (Å²) in [6, 6.07) is 11.6. The molecule has 0 saturated heterocycles. The van der Waals surface area contributed by atoms with Crippen LogP contribution in [0.5, 0.6) is 0 Å². The monoisotopic (exact) mass is 340 g/mol. The fourth-order valence-corrected chi connectivity index (χ4v) is 3.43. The molecule has 124 valence electrons. The Labute approximate surface area is 145 Å². The molecule has 0 bridgehead atoms. The Morgan fingerprint density at radius 3 is 2.79 bits per heavy atom. The van der Waals surface area contributed by atoms with Gasteiger partial charge in [0.2, 0.25) is 0 Å². The first-order chi connectivity index (χ1) is 11.4. The van der Waals surface area contributed by atoms with Crippen molar-refractivity contribution >= 4 is 28.1 Å². The predicted octanol–water partition coefficient (Wildman–Crippen LogP) is 3.55. The average molecular weight is 340 g/mol. The smallest absolute Gasteiger partial charge is 0.253 e. The molecule has 4 nitrogen and oxygen atoms in total. The lowest BCUT2D eigenvalue weighted by molar-refractivity contribution is 0.0556. The third-order valence-corrected chi connectivity index (χ3v) is 5.17. The summed E-state index contributed by atoms with van der Waals surface area (Å²) in [6.45, 7) is 5.69. The normalized spacial score (nSPS) is 13.7. The van der Waals surface area contributed by atoms with E-state index in [-0.39, 0.29) is 12.5 Å². The number of hydrogen-bond acceptors (Lipinski definition) is 4. The molecule has 2 N–H and O–H groups in total. The van der Waals surface area contributed by atoms with Crippen molar-refractivity contribution in [3.63, 3.8) is 0 Å². The van der Waals surface area contributed by atoms with E-state index in [0.29, 0.717) is 11.3 Å². The number of benzene rings is 1. The van der Waals surface area contributed by atoms with E-state index in [1.807, 2.05) is 55.6 Å². The van der Waals surface area contributed by atoms with Crippen molar-refractivity contribution < 1.29 is 9.90 Å². The molecular formula is C19H20N2O2S. The highest BCUT2D eigenvalue weighted by molar-refractivity contribution is 7.10. The standard InChI is InChI=1S/C19H20N2O2S/c1-12-6-7-16-14(9-12)10-15(13(2)21-16)18(22)20-11-19(3,23)17-5-4-8-24-17/h4-10,23H,11H2,1-3H3,(H,20,22). The van der Waals surface area contributed by atoms with Gasteiger partial charge >= 0.3 is 0 Å². The lowest BCUT2D eigenvalue weighted by Crippen LogP contribution is -2.38. The molecule has 5 heteroatoms. The van der Waals surface area contributed by atoms with E-state index in [1.165, 1.54) is 11.3 Å². The van der Waals surface area contributed by atoms with Crippen LogP contribution in [0.3, 0.4) is 0 Å². The second kappa shape index (κ2) is 6.34. The lowest BCUT2D eigenvalue weighted by atomic mass is 10.0. The predicted molar refractivity (Wildman–Crippen MR) is 97.4 cm³/mol. The summed E-state index contributed by atoms with van der Waals surface area (Å²) < 4.78 is 0. The number of thiophene rings is 1. The Balaban J connectivity index is 1.82. The fourth-order valence-electron chi connectivity index (χ4n) is 2.64. The summed E-state index contributed by atoms with van der Waals surface area (Å²) in [6.07, 6.45) is 0. The van der Waals surface area contributed by atoms with Crippen molar-refractivity contribution in [2.24, 2.45) is 0 Å². The quantitative estimate of drug-likeness (QED) is 0.763. The van der Waals surface area contributed by atoms with Crippen LogP contribution in [0.2, 0.25) is 0 Å². The minimum atomic E-state index is -1.08. The molecule has 3 aromatic rings. The van der Waals surface area contributed by atoms with Crippen LogP contribution < -0.4 is 5.32 Å². The minimum Gasteiger partial charge on any atom is -0.383 e. The molecule has 0 radical (unpaired) electrons. The Kier molecular flexibility index (Phi) is 4.39. The molecule has 2 heterocycles. The first-order valence-electron chi connectivity index (χ1n) is 7.79. The molecule has 3 rings (SSSR count). The number of aliphatic hydroxyl groups is 1. The maximum Gasteiger partial charge on any atom is 0.253 e. The second-order valence-corrected chi connectivity index (χ2v) is 7.20. The van der Waals surface area contributed by atoms with Crippen LogP contribution in [-0.4, -0.2) is 22.5 Å². The Morgan fingerprint density at radius 1 is 1.29 bits per heavy atom. The van der Waals surface area contributed by atoms with E-state index in [9.17, 15) is 9.90 Å². The summed E-state index contributed by atoms with van der Waals surface area (Å²) in [4.78, 5) is 17.9. The summed E-state index contributed by atoms with van der Waals surface area (Å²) in [7, 11) is 0. The van der Waals surface area contributed by atoms with E-state index in [4.69, 9.17) is 0 Å². The number of amides is 1. The molecule has 0 aliphatic heterocycles. The molecule has 0 aliphatic rings. The van der Waals surface area contributed by atoms with Crippen LogP contribution in [0.25, 0.3) is 10.9 Å². The van der Waals surface area contributed by atoms with Crippen LogP contribution in [-0.2, 0) is 5.60 Å². The molecule has 0 saturated carbocycles. The summed E-state index contributed by atoms with van der Waals surface area (Å²) in [5, 5.41) is 16.2. The van der Waals surface area contributed by atoms with E-state index < -0.39 is 5.60 Å². The number of carbonyl (C=O) groups is 1. The zero-order valence-corrected chi connectivity index (χ0v) is 14.8. The van der Waals surface area contributed by atoms with Crippen molar-refractivity contribution in [3.8, 4) is 0 Å². The first-order valence-corrected chi connectivity index (χ1v) is 8.67. The molecule has 1 aromatic carbocycles. The fraction of sp³-hybridized carbons (Fsp3) is 0.263. The second-order valence-electron chi connectivity index (χ2n) is 6.25. The maximum atomic E-state index is 12.6. The molecule has 1 atom stereocenters. The van der Waals surface area contributed by atoms with Gasteiger partial charge in [-0.2, -0.15) is 0 Å². The third-order valence-electron chi connectivity index (χ3n) is 4.05. The molecule has 2 aromatic heterocycles. The van der Waals surface area contributed by atoms with Gasteiger partial charge in [-0.3, -0.25) is 9.78 Å². The van der Waals surface area contributed by atoms with Gasteiger partial charge in [-0.25, -0.2) is 0 Å². The van der Waals surface area contributed by atoms with Gasteiger partial charge in [0.15, 0.2) is 0 Å². The lowest BCUT2D eigenvalue weighted by Gasteiger charge is -2.22. The van der Waals surface area contributed by atoms with Crippen LogP contribution >= 0.6 is 11.3 Å². The molecule has 0 spiro atoms. The SMILES string of the molecule is Cc1ccc2nc(C)c(C(=O)NCC(C)(O)c3cccs3)cc2c1. The largest absolute Gasteiger partial charge is 0.383 e. The Bertz CT molecular complexity index is 886. The van der Waals surface area contributed by atoms with Gasteiger partial charge in [-0.15, -0.1) is 11.3 Å². The highest BCUT2D eigenvalue weighted by Crippen LogP contribution is 2.24. The van der Waals surface area contributed by atoms with Crippen LogP contribution in [0.1, 0.15) is 33.4 Å². The number of pyridine rings is 1. The van der Waals surface area contributed by atoms with Crippen molar-refractivity contribution in [2.45, 2.75) is 26.4 Å². The third kappa shape index (κ3) is 3.32. The zero-order chi connectivity index (χ0) is 17.3. The van der Waals surface area contributed by atoms with E-state index >= 15 is 0 Å². The van der Waals surface area contributed by atoms with Gasteiger partial charge in [-0.05, 0) is 50.4 Å². The number of nitrogens with one attached hydrogen (secondary N) is 1. The number of aryl methyl sites for hydroxylation is 2. The zero-order valence-electron chi connectivity index (χ0n) is 14.0. The Hall–Kier alpha value is -2.24. The highest BCUT2D eigenvalue weighted by atomic mass is 32.1. The number of carbonyl (C=O) groups excluding carboxylic acids is 1. The number of aromatic nitrogens is 1. The molecule has 1 amide bonds. The number of rotatable bonds is 4. The summed E-state index contributed by atoms with van der Waals surface area (Å²) in [5.74, 6) is -0.222. The van der Waals surface area contributed by atoms with Crippen molar-refractivity contribution in [1.82, 2.24) is 10.3 Å². The molecule has 0 fully saturated rings. The summed E-state index contributed by atoms with van der Waals surface area (Å²) >= 11 is 1.47. The van der Waals surface area contributed by atoms with Gasteiger partial charge < -0.3 is 10.4 Å². The van der Waals surface area contributed by atoms with Gasteiger partial charge in [-0.1, -0.05) is 17.7 Å². The first kappa shape index (κ1) is 16.6. The van der Waals surface area contributed by atoms with Crippen molar-refractivity contribution in [1.29, 1.82) is 0 Å². The molecule has 24 heavy (non-hydrogen) atoms. The van der Waals surface area contributed by atoms with Gasteiger partial charge in [0.05, 0.1) is 23.3 Å². The number of fused-ring (bicyclic) bond motifs is 1. The van der Waals surface area contributed by atoms with E-state index in [0.717, 1.165) is 21.3 Å². The number of nitrogens with zero attached hydrogens (tertiary/aromatic N) is 1. The minimum absolute atomic E-state index is 0.150. The molecular weight excluding hydrogens is 320 g/mol. The molecule has 0 aliphatic carbocycles. The topological polar surface area (TPSA) is 62.2 Å². The van der Waals surface area contributed by atoms with Crippen LogP contribution in [0.15, 0.2) is 41.8 Å². The van der Waals surface area contributed by atoms with E-state index in [2.05, 4.69) is 10.3 Å². The average Bonchev–Trinajstić information content (AvgIpc) is 3.08. The highest BCUT2D eigenvalue weighted by Gasteiger charge is 2.25. The van der Waals surface area contributed by atoms with Gasteiger partial charge in [0.1, 0.15) is 5.60 Å². The molecule has 1 unspecified atom stereocenters.